The number of nitrogens with one attached hydrogen (secondary N) is 3. The third-order valence-electron chi connectivity index (χ3n) is 4.29. The highest BCUT2D eigenvalue weighted by Crippen LogP contribution is 2.28. The Bertz CT molecular complexity index is 773. The Morgan fingerprint density at radius 1 is 1.33 bits per heavy atom. The second-order valence-electron chi connectivity index (χ2n) is 6.15. The molecule has 1 aliphatic rings. The van der Waals surface area contributed by atoms with Gasteiger partial charge in [-0.05, 0) is 52.0 Å². The maximum atomic E-state index is 13.5. The van der Waals surface area contributed by atoms with E-state index in [0.717, 1.165) is 25.9 Å². The number of phenols is 1. The molecule has 0 saturated carbocycles. The quantitative estimate of drug-likeness (QED) is 0.495. The molecule has 1 saturated heterocycles. The number of likely N-dealkylation sites (tertiary alicyclic amines) is 1. The summed E-state index contributed by atoms with van der Waals surface area (Å²) in [6.07, 6.45) is 1.92. The summed E-state index contributed by atoms with van der Waals surface area (Å²) in [5.41, 5.74) is 0.738. The molecular weight excluding hydrogens is 311 g/mol. The van der Waals surface area contributed by atoms with Gasteiger partial charge in [-0.15, -0.1) is 0 Å². The van der Waals surface area contributed by atoms with Crippen molar-refractivity contribution >= 4 is 22.8 Å². The second kappa shape index (κ2) is 6.56. The fourth-order valence-corrected chi connectivity index (χ4v) is 2.87. The first-order chi connectivity index (χ1) is 11.4. The van der Waals surface area contributed by atoms with Gasteiger partial charge >= 0.3 is 0 Å². The topological polar surface area (TPSA) is 97.2 Å². The van der Waals surface area contributed by atoms with Gasteiger partial charge in [0.25, 0.3) is 0 Å². The van der Waals surface area contributed by atoms with Crippen molar-refractivity contribution in [1.29, 1.82) is 5.41 Å². The van der Waals surface area contributed by atoms with Crippen LogP contribution in [0.25, 0.3) is 10.9 Å². The number of anilines is 1. The number of halogens is 1. The van der Waals surface area contributed by atoms with E-state index in [4.69, 9.17) is 5.41 Å². The van der Waals surface area contributed by atoms with Crippen molar-refractivity contribution < 1.29 is 9.50 Å². The van der Waals surface area contributed by atoms with Crippen LogP contribution >= 0.6 is 0 Å². The number of nitrogens with zero attached hydrogens (tertiary/aromatic N) is 3. The van der Waals surface area contributed by atoms with Crippen molar-refractivity contribution in [2.45, 2.75) is 25.8 Å². The Morgan fingerprint density at radius 2 is 2.04 bits per heavy atom. The van der Waals surface area contributed by atoms with E-state index >= 15 is 0 Å². The summed E-state index contributed by atoms with van der Waals surface area (Å²) in [6, 6.07) is 2.95. The maximum Gasteiger partial charge on any atom is 0.230 e. The molecule has 7 nitrogen and oxygen atoms in total. The van der Waals surface area contributed by atoms with Crippen molar-refractivity contribution in [3.63, 3.8) is 0 Å². The zero-order chi connectivity index (χ0) is 17.3. The summed E-state index contributed by atoms with van der Waals surface area (Å²) in [5.74, 6) is -0.979. The minimum atomic E-state index is -0.730. The Labute approximate surface area is 139 Å². The number of hydrogen-bond acceptors (Lipinski definition) is 5. The summed E-state index contributed by atoms with van der Waals surface area (Å²) >= 11 is 0. The molecule has 0 aliphatic carbocycles. The Hall–Kier alpha value is -2.48. The Morgan fingerprint density at radius 3 is 2.75 bits per heavy atom. The van der Waals surface area contributed by atoms with Crippen molar-refractivity contribution in [3.05, 3.63) is 23.6 Å². The molecule has 0 unspecified atom stereocenters. The number of aromatic hydroxyl groups is 1. The highest BCUT2D eigenvalue weighted by Gasteiger charge is 2.18. The first kappa shape index (κ1) is 16.4. The minimum Gasteiger partial charge on any atom is -0.503 e. The molecule has 128 valence electrons. The summed E-state index contributed by atoms with van der Waals surface area (Å²) in [4.78, 5) is 10.7. The number of phenolic OH excluding ortho intramolecular Hbond substituents is 1. The average Bonchev–Trinajstić information content (AvgIpc) is 2.53. The lowest BCUT2D eigenvalue weighted by Crippen LogP contribution is -2.45. The van der Waals surface area contributed by atoms with Gasteiger partial charge in [0, 0.05) is 11.4 Å². The number of piperidine rings is 1. The predicted octanol–water partition coefficient (Wildman–Crippen LogP) is 1.81. The average molecular weight is 332 g/mol. The van der Waals surface area contributed by atoms with E-state index in [-0.39, 0.29) is 23.5 Å². The highest BCUT2D eigenvalue weighted by molar-refractivity contribution is 5.92. The summed E-state index contributed by atoms with van der Waals surface area (Å²) in [5, 5.41) is 24.4. The van der Waals surface area contributed by atoms with E-state index < -0.39 is 11.6 Å². The molecule has 8 heteroatoms. The standard InChI is InChI=1S/C16H21FN6O/c1-9-11-3-4-12(17)14(24)13(11)21-16(19-9)22-15(18)20-10-5-7-23(2)8-6-10/h3-4,10,24H,5-8H2,1-2H3,(H3,18,19,20,21,22). The van der Waals surface area contributed by atoms with Gasteiger partial charge in [-0.1, -0.05) is 0 Å². The fraction of sp³-hybridized carbons (Fsp3) is 0.438. The largest absolute Gasteiger partial charge is 0.503 e. The summed E-state index contributed by atoms with van der Waals surface area (Å²) in [7, 11) is 2.08. The van der Waals surface area contributed by atoms with Crippen molar-refractivity contribution in [2.24, 2.45) is 0 Å². The lowest BCUT2D eigenvalue weighted by atomic mass is 10.1. The molecule has 0 bridgehead atoms. The predicted molar refractivity (Wildman–Crippen MR) is 90.9 cm³/mol. The molecule has 0 amide bonds. The SMILES string of the molecule is Cc1nc(NC(=N)NC2CCN(C)CC2)nc2c(O)c(F)ccc12. The number of aryl methyl sites for hydroxylation is 1. The van der Waals surface area contributed by atoms with Gasteiger partial charge in [-0.3, -0.25) is 10.7 Å². The Kier molecular flexibility index (Phi) is 4.48. The monoisotopic (exact) mass is 332 g/mol. The molecule has 2 heterocycles. The van der Waals surface area contributed by atoms with Crippen LogP contribution in [0.3, 0.4) is 0 Å². The smallest absolute Gasteiger partial charge is 0.230 e. The molecule has 1 aromatic heterocycles. The third-order valence-corrected chi connectivity index (χ3v) is 4.29. The number of benzene rings is 1. The van der Waals surface area contributed by atoms with Crippen LogP contribution in [0, 0.1) is 18.2 Å². The fourth-order valence-electron chi connectivity index (χ4n) is 2.87. The lowest BCUT2D eigenvalue weighted by Gasteiger charge is -2.30. The van der Waals surface area contributed by atoms with Crippen LogP contribution in [-0.2, 0) is 0 Å². The van der Waals surface area contributed by atoms with Gasteiger partial charge in [0.15, 0.2) is 17.5 Å². The zero-order valence-corrected chi connectivity index (χ0v) is 13.7. The summed E-state index contributed by atoms with van der Waals surface area (Å²) < 4.78 is 13.5. The van der Waals surface area contributed by atoms with Crippen LogP contribution in [0.1, 0.15) is 18.5 Å². The van der Waals surface area contributed by atoms with Crippen molar-refractivity contribution in [2.75, 3.05) is 25.5 Å². The van der Waals surface area contributed by atoms with E-state index in [2.05, 4.69) is 32.5 Å². The van der Waals surface area contributed by atoms with Crippen LogP contribution in [0.2, 0.25) is 0 Å². The normalized spacial score (nSPS) is 16.3. The van der Waals surface area contributed by atoms with Crippen LogP contribution in [0.4, 0.5) is 10.3 Å². The van der Waals surface area contributed by atoms with E-state index in [0.29, 0.717) is 11.1 Å². The molecule has 1 aliphatic heterocycles. The van der Waals surface area contributed by atoms with Gasteiger partial charge in [-0.2, -0.15) is 0 Å². The number of rotatable bonds is 2. The molecule has 0 radical (unpaired) electrons. The van der Waals surface area contributed by atoms with E-state index in [9.17, 15) is 9.50 Å². The summed E-state index contributed by atoms with van der Waals surface area (Å²) in [6.45, 7) is 3.73. The number of aromatic nitrogens is 2. The van der Waals surface area contributed by atoms with Gasteiger partial charge in [0.05, 0.1) is 5.69 Å². The molecule has 0 spiro atoms. The van der Waals surface area contributed by atoms with Crippen LogP contribution in [0.15, 0.2) is 12.1 Å². The van der Waals surface area contributed by atoms with E-state index in [1.165, 1.54) is 12.1 Å². The van der Waals surface area contributed by atoms with E-state index in [1.54, 1.807) is 6.92 Å². The first-order valence-corrected chi connectivity index (χ1v) is 7.90. The van der Waals surface area contributed by atoms with E-state index in [1.807, 2.05) is 0 Å². The molecule has 3 rings (SSSR count). The molecule has 24 heavy (non-hydrogen) atoms. The minimum absolute atomic E-state index is 0.0965. The van der Waals surface area contributed by atoms with Gasteiger partial charge in [0.1, 0.15) is 5.52 Å². The molecule has 2 aromatic rings. The van der Waals surface area contributed by atoms with Crippen LogP contribution in [-0.4, -0.2) is 52.1 Å². The van der Waals surface area contributed by atoms with Gasteiger partial charge in [-0.25, -0.2) is 14.4 Å². The molecule has 0 atom stereocenters. The maximum absolute atomic E-state index is 13.5. The number of guanidine groups is 1. The van der Waals surface area contributed by atoms with Crippen LogP contribution in [0.5, 0.6) is 5.75 Å². The number of fused-ring (bicyclic) bond motifs is 1. The van der Waals surface area contributed by atoms with Crippen LogP contribution < -0.4 is 10.6 Å². The molecule has 4 N–H and O–H groups in total. The lowest BCUT2D eigenvalue weighted by molar-refractivity contribution is 0.247. The zero-order valence-electron chi connectivity index (χ0n) is 13.7. The van der Waals surface area contributed by atoms with Crippen molar-refractivity contribution in [1.82, 2.24) is 20.2 Å². The van der Waals surface area contributed by atoms with Crippen molar-refractivity contribution in [3.8, 4) is 5.75 Å². The third kappa shape index (κ3) is 3.38. The number of hydrogen-bond donors (Lipinski definition) is 4. The molecule has 1 fully saturated rings. The first-order valence-electron chi connectivity index (χ1n) is 7.90. The second-order valence-corrected chi connectivity index (χ2v) is 6.15. The van der Waals surface area contributed by atoms with Gasteiger partial charge < -0.3 is 15.3 Å². The highest BCUT2D eigenvalue weighted by atomic mass is 19.1. The molecule has 1 aromatic carbocycles. The Balaban J connectivity index is 1.75. The molecular formula is C16H21FN6O. The van der Waals surface area contributed by atoms with Gasteiger partial charge in [0.2, 0.25) is 5.95 Å².